The number of benzene rings is 1. The van der Waals surface area contributed by atoms with Crippen LogP contribution in [0.4, 0.5) is 0 Å². The highest BCUT2D eigenvalue weighted by molar-refractivity contribution is 5.77. The number of hydrogen-bond donors (Lipinski definition) is 1. The minimum absolute atomic E-state index is 0.0653. The maximum Gasteiger partial charge on any atom is 0.222 e. The molecule has 1 rings (SSSR count). The topological polar surface area (TPSA) is 38.3 Å². The smallest absolute Gasteiger partial charge is 0.222 e. The van der Waals surface area contributed by atoms with Crippen LogP contribution in [0, 0.1) is 5.92 Å². The molecule has 0 saturated heterocycles. The van der Waals surface area contributed by atoms with Gasteiger partial charge in [0.2, 0.25) is 5.91 Å². The van der Waals surface area contributed by atoms with Crippen LogP contribution in [0.15, 0.2) is 24.3 Å². The molecule has 0 radical (unpaired) electrons. The fraction of sp³-hybridized carbons (Fsp3) is 0.533. The Bertz CT molecular complexity index is 357. The van der Waals surface area contributed by atoms with Crippen molar-refractivity contribution in [3.63, 3.8) is 0 Å². The van der Waals surface area contributed by atoms with E-state index in [4.69, 9.17) is 4.74 Å². The van der Waals surface area contributed by atoms with E-state index in [0.29, 0.717) is 6.61 Å². The molecular formula is C15H23NO2. The van der Waals surface area contributed by atoms with E-state index in [2.05, 4.69) is 17.4 Å². The molecule has 0 aliphatic carbocycles. The summed E-state index contributed by atoms with van der Waals surface area (Å²) in [4.78, 5) is 11.3. The second-order valence-corrected chi connectivity index (χ2v) is 4.63. The first-order valence-corrected chi connectivity index (χ1v) is 6.63. The third kappa shape index (κ3) is 5.21. The number of rotatable bonds is 7. The highest BCUT2D eigenvalue weighted by Gasteiger charge is 2.04. The van der Waals surface area contributed by atoms with Crippen molar-refractivity contribution in [3.05, 3.63) is 29.8 Å². The average Bonchev–Trinajstić information content (AvgIpc) is 2.36. The van der Waals surface area contributed by atoms with Crippen molar-refractivity contribution < 1.29 is 9.53 Å². The molecule has 0 atom stereocenters. The van der Waals surface area contributed by atoms with Crippen LogP contribution in [0.2, 0.25) is 0 Å². The van der Waals surface area contributed by atoms with Crippen LogP contribution >= 0.6 is 0 Å². The van der Waals surface area contributed by atoms with Crippen LogP contribution in [0.5, 0.6) is 5.75 Å². The minimum Gasteiger partial charge on any atom is -0.494 e. The molecule has 0 aliphatic rings. The summed E-state index contributed by atoms with van der Waals surface area (Å²) >= 11 is 0. The highest BCUT2D eigenvalue weighted by atomic mass is 16.5. The molecule has 0 fully saturated rings. The van der Waals surface area contributed by atoms with Crippen molar-refractivity contribution in [3.8, 4) is 5.75 Å². The van der Waals surface area contributed by atoms with Crippen molar-refractivity contribution in [1.82, 2.24) is 5.32 Å². The van der Waals surface area contributed by atoms with Gasteiger partial charge in [-0.3, -0.25) is 4.79 Å². The summed E-state index contributed by atoms with van der Waals surface area (Å²) in [5, 5.41) is 2.92. The Morgan fingerprint density at radius 2 is 1.94 bits per heavy atom. The second-order valence-electron chi connectivity index (χ2n) is 4.63. The summed E-state index contributed by atoms with van der Waals surface area (Å²) < 4.78 is 5.39. The average molecular weight is 249 g/mol. The van der Waals surface area contributed by atoms with Crippen LogP contribution in [0.25, 0.3) is 0 Å². The predicted octanol–water partition coefficient (Wildman–Crippen LogP) is 2.79. The number of carbonyl (C=O) groups is 1. The standard InChI is InChI=1S/C15H23NO2/c1-4-18-14-9-7-13(8-10-14)6-5-11-16-15(17)12(2)3/h7-10,12H,4-6,11H2,1-3H3,(H,16,17). The van der Waals surface area contributed by atoms with E-state index in [1.165, 1.54) is 5.56 Å². The molecule has 0 aromatic heterocycles. The van der Waals surface area contributed by atoms with Crippen LogP contribution in [0.1, 0.15) is 32.8 Å². The molecule has 1 aromatic carbocycles. The van der Waals surface area contributed by atoms with Gasteiger partial charge in [0, 0.05) is 12.5 Å². The normalized spacial score (nSPS) is 10.4. The summed E-state index contributed by atoms with van der Waals surface area (Å²) in [6.45, 7) is 7.22. The third-order valence-electron chi connectivity index (χ3n) is 2.70. The van der Waals surface area contributed by atoms with Crippen molar-refractivity contribution >= 4 is 5.91 Å². The van der Waals surface area contributed by atoms with E-state index >= 15 is 0 Å². The summed E-state index contributed by atoms with van der Waals surface area (Å²) in [5.41, 5.74) is 1.28. The Morgan fingerprint density at radius 1 is 1.28 bits per heavy atom. The predicted molar refractivity (Wildman–Crippen MR) is 73.8 cm³/mol. The molecule has 0 saturated carbocycles. The van der Waals surface area contributed by atoms with Gasteiger partial charge in [-0.05, 0) is 37.5 Å². The zero-order chi connectivity index (χ0) is 13.4. The number of ether oxygens (including phenoxy) is 1. The molecule has 0 unspecified atom stereocenters. The number of amides is 1. The van der Waals surface area contributed by atoms with Crippen LogP contribution < -0.4 is 10.1 Å². The van der Waals surface area contributed by atoms with Gasteiger partial charge in [-0.1, -0.05) is 26.0 Å². The van der Waals surface area contributed by atoms with Crippen LogP contribution in [-0.4, -0.2) is 19.1 Å². The maximum absolute atomic E-state index is 11.3. The monoisotopic (exact) mass is 249 g/mol. The van der Waals surface area contributed by atoms with E-state index in [-0.39, 0.29) is 11.8 Å². The number of carbonyl (C=O) groups excluding carboxylic acids is 1. The molecule has 0 bridgehead atoms. The first-order valence-electron chi connectivity index (χ1n) is 6.63. The Hall–Kier alpha value is -1.51. The number of aryl methyl sites for hydroxylation is 1. The largest absolute Gasteiger partial charge is 0.494 e. The van der Waals surface area contributed by atoms with E-state index in [1.807, 2.05) is 32.9 Å². The lowest BCUT2D eigenvalue weighted by atomic mass is 10.1. The van der Waals surface area contributed by atoms with Gasteiger partial charge in [0.1, 0.15) is 5.75 Å². The molecule has 0 aliphatic heterocycles. The van der Waals surface area contributed by atoms with E-state index < -0.39 is 0 Å². The summed E-state index contributed by atoms with van der Waals surface area (Å²) in [7, 11) is 0. The van der Waals surface area contributed by atoms with Crippen molar-refractivity contribution in [2.45, 2.75) is 33.6 Å². The van der Waals surface area contributed by atoms with Crippen molar-refractivity contribution in [2.24, 2.45) is 5.92 Å². The van der Waals surface area contributed by atoms with E-state index in [0.717, 1.165) is 25.1 Å². The summed E-state index contributed by atoms with van der Waals surface area (Å²) in [5.74, 6) is 1.10. The van der Waals surface area contributed by atoms with Gasteiger partial charge in [0.05, 0.1) is 6.61 Å². The molecule has 100 valence electrons. The first-order chi connectivity index (χ1) is 8.63. The van der Waals surface area contributed by atoms with Crippen molar-refractivity contribution in [2.75, 3.05) is 13.2 Å². The lowest BCUT2D eigenvalue weighted by Gasteiger charge is -2.08. The Balaban J connectivity index is 2.25. The van der Waals surface area contributed by atoms with Gasteiger partial charge in [-0.25, -0.2) is 0 Å². The lowest BCUT2D eigenvalue weighted by Crippen LogP contribution is -2.28. The Morgan fingerprint density at radius 3 is 2.50 bits per heavy atom. The fourth-order valence-corrected chi connectivity index (χ4v) is 1.63. The molecule has 0 spiro atoms. The van der Waals surface area contributed by atoms with Crippen LogP contribution in [0.3, 0.4) is 0 Å². The molecule has 1 N–H and O–H groups in total. The quantitative estimate of drug-likeness (QED) is 0.755. The van der Waals surface area contributed by atoms with Crippen LogP contribution in [-0.2, 0) is 11.2 Å². The SMILES string of the molecule is CCOc1ccc(CCCNC(=O)C(C)C)cc1. The van der Waals surface area contributed by atoms with Gasteiger partial charge in [0.15, 0.2) is 0 Å². The van der Waals surface area contributed by atoms with Gasteiger partial charge >= 0.3 is 0 Å². The Labute approximate surface area is 110 Å². The molecule has 1 aromatic rings. The van der Waals surface area contributed by atoms with E-state index in [1.54, 1.807) is 0 Å². The Kier molecular flexibility index (Phi) is 6.26. The second kappa shape index (κ2) is 7.75. The van der Waals surface area contributed by atoms with Gasteiger partial charge in [-0.2, -0.15) is 0 Å². The molecule has 0 heterocycles. The summed E-state index contributed by atoms with van der Waals surface area (Å²) in [6.07, 6.45) is 1.94. The molecule has 3 nitrogen and oxygen atoms in total. The number of nitrogens with one attached hydrogen (secondary N) is 1. The van der Waals surface area contributed by atoms with Gasteiger partial charge in [0.25, 0.3) is 0 Å². The van der Waals surface area contributed by atoms with Gasteiger partial charge in [-0.15, -0.1) is 0 Å². The minimum atomic E-state index is 0.0653. The zero-order valence-corrected chi connectivity index (χ0v) is 11.5. The van der Waals surface area contributed by atoms with Crippen molar-refractivity contribution in [1.29, 1.82) is 0 Å². The molecular weight excluding hydrogens is 226 g/mol. The van der Waals surface area contributed by atoms with Gasteiger partial charge < -0.3 is 10.1 Å². The fourth-order valence-electron chi connectivity index (χ4n) is 1.63. The zero-order valence-electron chi connectivity index (χ0n) is 11.5. The molecule has 18 heavy (non-hydrogen) atoms. The summed E-state index contributed by atoms with van der Waals surface area (Å²) in [6, 6.07) is 8.14. The third-order valence-corrected chi connectivity index (χ3v) is 2.70. The molecule has 3 heteroatoms. The van der Waals surface area contributed by atoms with E-state index in [9.17, 15) is 4.79 Å². The maximum atomic E-state index is 11.3. The molecule has 1 amide bonds. The number of hydrogen-bond acceptors (Lipinski definition) is 2. The lowest BCUT2D eigenvalue weighted by molar-refractivity contribution is -0.123. The first kappa shape index (κ1) is 14.6. The highest BCUT2D eigenvalue weighted by Crippen LogP contribution is 2.13.